The maximum Gasteiger partial charge on any atom is 0.241 e. The Hall–Kier alpha value is -1.69. The molecule has 2 aromatic rings. The summed E-state index contributed by atoms with van der Waals surface area (Å²) in [5, 5.41) is 3.56. The Kier molecular flexibility index (Phi) is 5.92. The minimum absolute atomic E-state index is 0.182. The molecule has 0 amide bonds. The zero-order valence-corrected chi connectivity index (χ0v) is 13.2. The second kappa shape index (κ2) is 7.93. The van der Waals surface area contributed by atoms with Crippen LogP contribution in [0.25, 0.3) is 5.95 Å². The molecule has 1 atom stereocenters. The van der Waals surface area contributed by atoms with Crippen LogP contribution >= 0.6 is 11.6 Å². The number of nitrogens with zero attached hydrogens (tertiary/aromatic N) is 5. The van der Waals surface area contributed by atoms with E-state index in [9.17, 15) is 0 Å². The average molecular weight is 309 g/mol. The molecule has 2 rings (SSSR count). The summed E-state index contributed by atoms with van der Waals surface area (Å²) >= 11 is 6.00. The second-order valence-electron chi connectivity index (χ2n) is 4.97. The normalized spacial score (nSPS) is 12.3. The number of unbranched alkanes of at least 4 members (excludes halogenated alkanes) is 1. The van der Waals surface area contributed by atoms with Crippen LogP contribution in [0.1, 0.15) is 46.0 Å². The SMILES string of the molecule is CCCCC(CCC)Nc1nc(Cl)nc(-n2ccnc2)n1. The predicted molar refractivity (Wildman–Crippen MR) is 83.8 cm³/mol. The highest BCUT2D eigenvalue weighted by Gasteiger charge is 2.12. The summed E-state index contributed by atoms with van der Waals surface area (Å²) in [4.78, 5) is 16.7. The van der Waals surface area contributed by atoms with Crippen LogP contribution in [0.5, 0.6) is 0 Å². The minimum Gasteiger partial charge on any atom is -0.351 e. The standard InChI is InChI=1S/C14H21ClN6/c1-3-5-7-11(6-4-2)17-13-18-12(15)19-14(20-13)21-9-8-16-10-21/h8-11H,3-7H2,1-2H3,(H,17,18,19,20). The number of halogens is 1. The summed E-state index contributed by atoms with van der Waals surface area (Å²) in [6, 6.07) is 0.365. The number of hydrogen-bond acceptors (Lipinski definition) is 5. The molecule has 2 heterocycles. The van der Waals surface area contributed by atoms with E-state index in [4.69, 9.17) is 11.6 Å². The monoisotopic (exact) mass is 308 g/mol. The fourth-order valence-electron chi connectivity index (χ4n) is 2.17. The van der Waals surface area contributed by atoms with Crippen LogP contribution in [0.15, 0.2) is 18.7 Å². The number of rotatable bonds is 8. The van der Waals surface area contributed by atoms with Crippen LogP contribution in [0.3, 0.4) is 0 Å². The highest BCUT2D eigenvalue weighted by atomic mass is 35.5. The van der Waals surface area contributed by atoms with Gasteiger partial charge in [0, 0.05) is 18.4 Å². The van der Waals surface area contributed by atoms with Crippen molar-refractivity contribution < 1.29 is 0 Å². The molecule has 0 spiro atoms. The zero-order valence-electron chi connectivity index (χ0n) is 12.5. The van der Waals surface area contributed by atoms with Crippen LogP contribution in [0.2, 0.25) is 5.28 Å². The lowest BCUT2D eigenvalue weighted by molar-refractivity contribution is 0.560. The van der Waals surface area contributed by atoms with E-state index in [2.05, 4.69) is 39.1 Å². The van der Waals surface area contributed by atoms with Gasteiger partial charge in [0.05, 0.1) is 0 Å². The third-order valence-corrected chi connectivity index (χ3v) is 3.38. The van der Waals surface area contributed by atoms with Gasteiger partial charge < -0.3 is 5.32 Å². The molecule has 7 heteroatoms. The van der Waals surface area contributed by atoms with Crippen LogP contribution in [-0.2, 0) is 0 Å². The average Bonchev–Trinajstić information content (AvgIpc) is 2.98. The van der Waals surface area contributed by atoms with Gasteiger partial charge in [0.2, 0.25) is 17.2 Å². The zero-order chi connectivity index (χ0) is 15.1. The van der Waals surface area contributed by atoms with E-state index in [-0.39, 0.29) is 5.28 Å². The van der Waals surface area contributed by atoms with Crippen LogP contribution < -0.4 is 5.32 Å². The molecular formula is C14H21ClN6. The van der Waals surface area contributed by atoms with Crippen molar-refractivity contribution >= 4 is 17.5 Å². The smallest absolute Gasteiger partial charge is 0.241 e. The Morgan fingerprint density at radius 1 is 1.19 bits per heavy atom. The van der Waals surface area contributed by atoms with E-state index in [1.807, 2.05) is 0 Å². The third-order valence-electron chi connectivity index (χ3n) is 3.21. The Balaban J connectivity index is 2.14. The van der Waals surface area contributed by atoms with Crippen LogP contribution in [0, 0.1) is 0 Å². The molecule has 0 aliphatic rings. The lowest BCUT2D eigenvalue weighted by Crippen LogP contribution is -2.21. The maximum absolute atomic E-state index is 6.00. The highest BCUT2D eigenvalue weighted by molar-refractivity contribution is 6.28. The molecule has 0 saturated heterocycles. The van der Waals surface area contributed by atoms with Gasteiger partial charge in [-0.2, -0.15) is 15.0 Å². The molecule has 0 fully saturated rings. The number of anilines is 1. The molecule has 1 N–H and O–H groups in total. The van der Waals surface area contributed by atoms with Gasteiger partial charge in [-0.15, -0.1) is 0 Å². The molecule has 2 aromatic heterocycles. The molecule has 0 bridgehead atoms. The fraction of sp³-hybridized carbons (Fsp3) is 0.571. The van der Waals surface area contributed by atoms with Gasteiger partial charge in [0.15, 0.2) is 0 Å². The lowest BCUT2D eigenvalue weighted by Gasteiger charge is -2.18. The van der Waals surface area contributed by atoms with E-state index in [0.29, 0.717) is 17.9 Å². The molecule has 0 aromatic carbocycles. The van der Waals surface area contributed by atoms with Crippen molar-refractivity contribution in [1.82, 2.24) is 24.5 Å². The Bertz CT molecular complexity index is 542. The van der Waals surface area contributed by atoms with Crippen molar-refractivity contribution in [2.24, 2.45) is 0 Å². The predicted octanol–water partition coefficient (Wildman–Crippen LogP) is 3.48. The molecule has 0 saturated carbocycles. The highest BCUT2D eigenvalue weighted by Crippen LogP contribution is 2.15. The Morgan fingerprint density at radius 2 is 2.05 bits per heavy atom. The van der Waals surface area contributed by atoms with Gasteiger partial charge in [-0.3, -0.25) is 4.57 Å². The van der Waals surface area contributed by atoms with Crippen molar-refractivity contribution in [3.8, 4) is 5.95 Å². The fourth-order valence-corrected chi connectivity index (χ4v) is 2.32. The summed E-state index contributed by atoms with van der Waals surface area (Å²) in [6.45, 7) is 4.37. The first-order chi connectivity index (χ1) is 10.2. The topological polar surface area (TPSA) is 68.5 Å². The van der Waals surface area contributed by atoms with Crippen LogP contribution in [-0.4, -0.2) is 30.5 Å². The lowest BCUT2D eigenvalue weighted by atomic mass is 10.1. The maximum atomic E-state index is 6.00. The van der Waals surface area contributed by atoms with Gasteiger partial charge in [-0.1, -0.05) is 33.1 Å². The van der Waals surface area contributed by atoms with Gasteiger partial charge in [0.25, 0.3) is 0 Å². The van der Waals surface area contributed by atoms with Gasteiger partial charge >= 0.3 is 0 Å². The van der Waals surface area contributed by atoms with Gasteiger partial charge in [-0.25, -0.2) is 4.98 Å². The summed E-state index contributed by atoms with van der Waals surface area (Å²) in [5.41, 5.74) is 0. The first kappa shape index (κ1) is 15.7. The van der Waals surface area contributed by atoms with Gasteiger partial charge in [-0.05, 0) is 24.4 Å². The summed E-state index contributed by atoms with van der Waals surface area (Å²) in [6.07, 6.45) is 10.8. The van der Waals surface area contributed by atoms with E-state index in [1.54, 1.807) is 23.3 Å². The number of aromatic nitrogens is 5. The van der Waals surface area contributed by atoms with E-state index >= 15 is 0 Å². The summed E-state index contributed by atoms with van der Waals surface area (Å²) < 4.78 is 1.71. The van der Waals surface area contributed by atoms with Crippen LogP contribution in [0.4, 0.5) is 5.95 Å². The van der Waals surface area contributed by atoms with Crippen molar-refractivity contribution in [1.29, 1.82) is 0 Å². The molecule has 6 nitrogen and oxygen atoms in total. The molecule has 0 aliphatic carbocycles. The molecular weight excluding hydrogens is 288 g/mol. The first-order valence-corrected chi connectivity index (χ1v) is 7.77. The van der Waals surface area contributed by atoms with E-state index < -0.39 is 0 Å². The van der Waals surface area contributed by atoms with Crippen molar-refractivity contribution in [3.63, 3.8) is 0 Å². The van der Waals surface area contributed by atoms with E-state index in [1.165, 1.54) is 12.8 Å². The minimum atomic E-state index is 0.182. The summed E-state index contributed by atoms with van der Waals surface area (Å²) in [7, 11) is 0. The number of nitrogens with one attached hydrogen (secondary N) is 1. The molecule has 0 radical (unpaired) electrons. The number of imidazole rings is 1. The second-order valence-corrected chi connectivity index (χ2v) is 5.31. The first-order valence-electron chi connectivity index (χ1n) is 7.39. The van der Waals surface area contributed by atoms with Gasteiger partial charge in [0.1, 0.15) is 6.33 Å². The third kappa shape index (κ3) is 4.67. The van der Waals surface area contributed by atoms with Crippen molar-refractivity contribution in [2.75, 3.05) is 5.32 Å². The number of hydrogen-bond donors (Lipinski definition) is 1. The largest absolute Gasteiger partial charge is 0.351 e. The quantitative estimate of drug-likeness (QED) is 0.808. The molecule has 0 aliphatic heterocycles. The Labute approximate surface area is 130 Å². The van der Waals surface area contributed by atoms with Crippen molar-refractivity contribution in [3.05, 3.63) is 24.0 Å². The van der Waals surface area contributed by atoms with Crippen molar-refractivity contribution in [2.45, 2.75) is 52.0 Å². The molecule has 114 valence electrons. The van der Waals surface area contributed by atoms with E-state index in [0.717, 1.165) is 19.3 Å². The Morgan fingerprint density at radius 3 is 2.71 bits per heavy atom. The summed E-state index contributed by atoms with van der Waals surface area (Å²) in [5.74, 6) is 0.994. The molecule has 21 heavy (non-hydrogen) atoms. The molecule has 1 unspecified atom stereocenters.